The number of nitrogens with one attached hydrogen (secondary N) is 2. The third-order valence-corrected chi connectivity index (χ3v) is 8.12. The maximum absolute atomic E-state index is 13.1. The standard InChI is InChI=1S/C31H32ClN5O2S/c1-19-20(2)37(23-11-9-10-22(32)18-23)21(3)28(19)30-29(25-13-7-8-16-33-25)35-31(40)36(30)17-15-27(38)34-24-12-5-6-14-26(24)39-4/h5-14,16,18,29-30H,15,17H2,1-4H3,(H,34,38)(H,35,40)/t29-,30-/m0/s1. The number of rotatable bonds is 8. The van der Waals surface area contributed by atoms with Gasteiger partial charge in [0, 0.05) is 46.8 Å². The summed E-state index contributed by atoms with van der Waals surface area (Å²) in [6.45, 7) is 6.82. The van der Waals surface area contributed by atoms with Crippen molar-refractivity contribution in [2.24, 2.45) is 0 Å². The number of benzene rings is 2. The smallest absolute Gasteiger partial charge is 0.226 e. The van der Waals surface area contributed by atoms with E-state index in [4.69, 9.17) is 28.6 Å². The van der Waals surface area contributed by atoms with Gasteiger partial charge in [-0.15, -0.1) is 0 Å². The van der Waals surface area contributed by atoms with Gasteiger partial charge in [0.05, 0.1) is 30.6 Å². The minimum absolute atomic E-state index is 0.117. The minimum Gasteiger partial charge on any atom is -0.495 e. The van der Waals surface area contributed by atoms with E-state index < -0.39 is 0 Å². The highest BCUT2D eigenvalue weighted by Crippen LogP contribution is 2.43. The van der Waals surface area contributed by atoms with Crippen molar-refractivity contribution in [1.82, 2.24) is 19.8 Å². The zero-order valence-corrected chi connectivity index (χ0v) is 24.5. The second kappa shape index (κ2) is 11.7. The van der Waals surface area contributed by atoms with E-state index in [1.54, 1.807) is 13.3 Å². The molecule has 1 aliphatic rings. The number of aromatic nitrogens is 2. The summed E-state index contributed by atoms with van der Waals surface area (Å²) in [6.07, 6.45) is 2.04. The number of ether oxygens (including phenoxy) is 1. The monoisotopic (exact) mass is 573 g/mol. The van der Waals surface area contributed by atoms with Gasteiger partial charge in [0.1, 0.15) is 5.75 Å². The first-order valence-electron chi connectivity index (χ1n) is 13.2. The Kier molecular flexibility index (Phi) is 8.09. The van der Waals surface area contributed by atoms with E-state index in [2.05, 4.69) is 51.9 Å². The SMILES string of the molecule is COc1ccccc1NC(=O)CCN1C(=S)N[C@@H](c2ccccn2)[C@@H]1c1c(C)c(C)n(-c2cccc(Cl)c2)c1C. The van der Waals surface area contributed by atoms with Gasteiger partial charge in [-0.1, -0.05) is 35.9 Å². The number of amides is 1. The lowest BCUT2D eigenvalue weighted by atomic mass is 9.93. The number of methoxy groups -OCH3 is 1. The summed E-state index contributed by atoms with van der Waals surface area (Å²) in [7, 11) is 1.59. The van der Waals surface area contributed by atoms with Crippen LogP contribution in [-0.2, 0) is 4.79 Å². The molecule has 3 heterocycles. The third-order valence-electron chi connectivity index (χ3n) is 7.53. The van der Waals surface area contributed by atoms with Crippen molar-refractivity contribution in [3.63, 3.8) is 0 Å². The van der Waals surface area contributed by atoms with Crippen LogP contribution in [0.5, 0.6) is 5.75 Å². The van der Waals surface area contributed by atoms with Crippen molar-refractivity contribution in [3.05, 3.63) is 106 Å². The Morgan fingerprint density at radius 3 is 2.58 bits per heavy atom. The lowest BCUT2D eigenvalue weighted by molar-refractivity contribution is -0.116. The Morgan fingerprint density at radius 1 is 1.07 bits per heavy atom. The average Bonchev–Trinajstić information content (AvgIpc) is 3.39. The average molecular weight is 574 g/mol. The number of carbonyl (C=O) groups excluding carboxylic acids is 1. The molecule has 2 aromatic heterocycles. The Balaban J connectivity index is 1.50. The second-order valence-corrected chi connectivity index (χ2v) is 10.7. The molecule has 0 aliphatic carbocycles. The van der Waals surface area contributed by atoms with Crippen molar-refractivity contribution in [2.75, 3.05) is 19.0 Å². The van der Waals surface area contributed by atoms with Crippen LogP contribution in [-0.4, -0.2) is 39.1 Å². The number of thiocarbonyl (C=S) groups is 1. The molecule has 1 saturated heterocycles. The maximum Gasteiger partial charge on any atom is 0.226 e. The predicted molar refractivity (Wildman–Crippen MR) is 163 cm³/mol. The highest BCUT2D eigenvalue weighted by molar-refractivity contribution is 7.80. The summed E-state index contributed by atoms with van der Waals surface area (Å²) < 4.78 is 7.63. The first-order chi connectivity index (χ1) is 19.3. The summed E-state index contributed by atoms with van der Waals surface area (Å²) in [6, 6.07) is 20.8. The van der Waals surface area contributed by atoms with Gasteiger partial charge < -0.3 is 24.8 Å². The van der Waals surface area contributed by atoms with E-state index in [1.807, 2.05) is 60.7 Å². The first kappa shape index (κ1) is 27.7. The van der Waals surface area contributed by atoms with Crippen LogP contribution in [0.25, 0.3) is 5.69 Å². The van der Waals surface area contributed by atoms with Crippen molar-refractivity contribution in [1.29, 1.82) is 0 Å². The highest BCUT2D eigenvalue weighted by Gasteiger charge is 2.42. The molecule has 5 rings (SSSR count). The minimum atomic E-state index is -0.182. The van der Waals surface area contributed by atoms with Crippen molar-refractivity contribution in [2.45, 2.75) is 39.3 Å². The molecular weight excluding hydrogens is 542 g/mol. The number of hydrogen-bond donors (Lipinski definition) is 2. The Labute approximate surface area is 245 Å². The van der Waals surface area contributed by atoms with E-state index in [9.17, 15) is 4.79 Å². The number of hydrogen-bond acceptors (Lipinski definition) is 4. The maximum atomic E-state index is 13.1. The van der Waals surface area contributed by atoms with Crippen LogP contribution >= 0.6 is 23.8 Å². The molecule has 4 aromatic rings. The molecule has 9 heteroatoms. The normalized spacial score (nSPS) is 16.6. The van der Waals surface area contributed by atoms with Crippen molar-refractivity contribution < 1.29 is 9.53 Å². The number of anilines is 1. The molecule has 2 N–H and O–H groups in total. The first-order valence-corrected chi connectivity index (χ1v) is 13.9. The van der Waals surface area contributed by atoms with Crippen LogP contribution in [0.4, 0.5) is 5.69 Å². The molecule has 40 heavy (non-hydrogen) atoms. The number of para-hydroxylation sites is 2. The van der Waals surface area contributed by atoms with Gasteiger partial charge in [-0.2, -0.15) is 0 Å². The van der Waals surface area contributed by atoms with E-state index in [-0.39, 0.29) is 24.4 Å². The van der Waals surface area contributed by atoms with E-state index >= 15 is 0 Å². The second-order valence-electron chi connectivity index (χ2n) is 9.84. The van der Waals surface area contributed by atoms with Gasteiger partial charge in [-0.3, -0.25) is 9.78 Å². The molecular formula is C31H32ClN5O2S. The number of carbonyl (C=O) groups is 1. The van der Waals surface area contributed by atoms with E-state index in [1.165, 1.54) is 5.56 Å². The summed E-state index contributed by atoms with van der Waals surface area (Å²) in [5, 5.41) is 7.76. The third kappa shape index (κ3) is 5.29. The molecule has 0 unspecified atom stereocenters. The molecule has 1 fully saturated rings. The number of pyridine rings is 1. The van der Waals surface area contributed by atoms with Crippen molar-refractivity contribution >= 4 is 40.5 Å². The van der Waals surface area contributed by atoms with Gasteiger partial charge >= 0.3 is 0 Å². The molecule has 0 spiro atoms. The molecule has 1 amide bonds. The van der Waals surface area contributed by atoms with Crippen LogP contribution in [0.15, 0.2) is 72.9 Å². The molecule has 0 saturated carbocycles. The van der Waals surface area contributed by atoms with Gasteiger partial charge in [0.25, 0.3) is 0 Å². The molecule has 1 aliphatic heterocycles. The summed E-state index contributed by atoms with van der Waals surface area (Å²) in [5.74, 6) is 0.500. The van der Waals surface area contributed by atoms with Gasteiger partial charge in [0.15, 0.2) is 5.11 Å². The molecule has 0 bridgehead atoms. The lowest BCUT2D eigenvalue weighted by Crippen LogP contribution is -2.33. The van der Waals surface area contributed by atoms with Gasteiger partial charge in [0.2, 0.25) is 5.91 Å². The highest BCUT2D eigenvalue weighted by atomic mass is 35.5. The fraction of sp³-hybridized carbons (Fsp3) is 0.258. The van der Waals surface area contributed by atoms with Crippen LogP contribution < -0.4 is 15.4 Å². The molecule has 206 valence electrons. The quantitative estimate of drug-likeness (QED) is 0.236. The topological polar surface area (TPSA) is 71.4 Å². The van der Waals surface area contributed by atoms with Crippen LogP contribution in [0, 0.1) is 20.8 Å². The Hall–Kier alpha value is -3.88. The van der Waals surface area contributed by atoms with Crippen LogP contribution in [0.3, 0.4) is 0 Å². The fourth-order valence-corrected chi connectivity index (χ4v) is 6.10. The van der Waals surface area contributed by atoms with E-state index in [0.717, 1.165) is 28.3 Å². The molecule has 2 aromatic carbocycles. The van der Waals surface area contributed by atoms with E-state index in [0.29, 0.717) is 28.1 Å². The summed E-state index contributed by atoms with van der Waals surface area (Å²) in [5.41, 5.74) is 7.08. The lowest BCUT2D eigenvalue weighted by Gasteiger charge is -2.29. The van der Waals surface area contributed by atoms with Crippen LogP contribution in [0.2, 0.25) is 5.02 Å². The number of nitrogens with zero attached hydrogens (tertiary/aromatic N) is 3. The summed E-state index contributed by atoms with van der Waals surface area (Å²) in [4.78, 5) is 19.8. The largest absolute Gasteiger partial charge is 0.495 e. The predicted octanol–water partition coefficient (Wildman–Crippen LogP) is 6.46. The van der Waals surface area contributed by atoms with Gasteiger partial charge in [-0.25, -0.2) is 0 Å². The zero-order chi connectivity index (χ0) is 28.4. The number of halogens is 1. The molecule has 7 nitrogen and oxygen atoms in total. The Bertz CT molecular complexity index is 1550. The molecule has 2 atom stereocenters. The van der Waals surface area contributed by atoms with Crippen LogP contribution in [0.1, 0.15) is 46.7 Å². The molecule has 0 radical (unpaired) electrons. The zero-order valence-electron chi connectivity index (χ0n) is 22.9. The summed E-state index contributed by atoms with van der Waals surface area (Å²) >= 11 is 12.2. The van der Waals surface area contributed by atoms with Crippen molar-refractivity contribution in [3.8, 4) is 11.4 Å². The Morgan fingerprint density at radius 2 is 1.85 bits per heavy atom. The van der Waals surface area contributed by atoms with Gasteiger partial charge in [-0.05, 0) is 81.0 Å². The fourth-order valence-electron chi connectivity index (χ4n) is 5.59.